The Labute approximate surface area is 109 Å². The molecule has 0 aliphatic carbocycles. The van der Waals surface area contributed by atoms with Gasteiger partial charge in [0.1, 0.15) is 5.75 Å². The Hall–Kier alpha value is -1.94. The number of carboxylic acid groups (broad SMARTS) is 1. The average Bonchev–Trinajstić information content (AvgIpc) is 2.74. The van der Waals surface area contributed by atoms with Crippen molar-refractivity contribution >= 4 is 17.6 Å². The Kier molecular flexibility index (Phi) is 3.30. The highest BCUT2D eigenvalue weighted by Crippen LogP contribution is 2.29. The number of aryl methyl sites for hydroxylation is 2. The van der Waals surface area contributed by atoms with Gasteiger partial charge in [0.25, 0.3) is 5.95 Å². The van der Waals surface area contributed by atoms with E-state index in [1.807, 2.05) is 13.8 Å². The van der Waals surface area contributed by atoms with E-state index in [9.17, 15) is 4.79 Å². The van der Waals surface area contributed by atoms with Gasteiger partial charge in [0.05, 0.1) is 0 Å². The summed E-state index contributed by atoms with van der Waals surface area (Å²) in [6, 6.07) is 6.33. The summed E-state index contributed by atoms with van der Waals surface area (Å²) in [5.74, 6) is -0.602. The van der Waals surface area contributed by atoms with Gasteiger partial charge < -0.3 is 14.3 Å². The van der Waals surface area contributed by atoms with Crippen LogP contribution in [-0.4, -0.2) is 11.1 Å². The van der Waals surface area contributed by atoms with E-state index in [0.717, 1.165) is 11.1 Å². The highest BCUT2D eigenvalue weighted by Gasteiger charge is 2.11. The molecule has 2 aromatic rings. The van der Waals surface area contributed by atoms with Crippen LogP contribution in [0.2, 0.25) is 5.02 Å². The van der Waals surface area contributed by atoms with Crippen LogP contribution in [0.25, 0.3) is 0 Å². The first-order chi connectivity index (χ1) is 8.47. The van der Waals surface area contributed by atoms with Crippen molar-refractivity contribution < 1.29 is 19.1 Å². The lowest BCUT2D eigenvalue weighted by molar-refractivity contribution is 0.0657. The summed E-state index contributed by atoms with van der Waals surface area (Å²) in [5, 5.41) is 9.41. The van der Waals surface area contributed by atoms with Gasteiger partial charge >= 0.3 is 5.97 Å². The van der Waals surface area contributed by atoms with E-state index in [4.69, 9.17) is 25.9 Å². The molecule has 0 aliphatic rings. The van der Waals surface area contributed by atoms with Gasteiger partial charge in [0.2, 0.25) is 5.76 Å². The molecule has 2 rings (SSSR count). The van der Waals surface area contributed by atoms with Crippen molar-refractivity contribution in [2.24, 2.45) is 0 Å². The molecule has 0 spiro atoms. The molecule has 0 amide bonds. The van der Waals surface area contributed by atoms with Gasteiger partial charge in [0, 0.05) is 11.1 Å². The summed E-state index contributed by atoms with van der Waals surface area (Å²) in [6.45, 7) is 3.74. The molecular formula is C13H11ClO4. The van der Waals surface area contributed by atoms with E-state index in [2.05, 4.69) is 0 Å². The molecule has 4 nitrogen and oxygen atoms in total. The fourth-order valence-electron chi connectivity index (χ4n) is 1.57. The second-order valence-corrected chi connectivity index (χ2v) is 4.27. The first kappa shape index (κ1) is 12.5. The normalized spacial score (nSPS) is 10.4. The van der Waals surface area contributed by atoms with Crippen LogP contribution in [0.1, 0.15) is 21.7 Å². The number of aromatic carboxylic acids is 1. The van der Waals surface area contributed by atoms with Gasteiger partial charge in [-0.2, -0.15) is 0 Å². The zero-order valence-corrected chi connectivity index (χ0v) is 10.6. The Bertz CT molecular complexity index is 578. The maximum atomic E-state index is 10.7. The first-order valence-electron chi connectivity index (χ1n) is 5.25. The lowest BCUT2D eigenvalue weighted by Crippen LogP contribution is -1.92. The Morgan fingerprint density at radius 1 is 1.28 bits per heavy atom. The van der Waals surface area contributed by atoms with Crippen LogP contribution in [-0.2, 0) is 0 Å². The third-order valence-electron chi connectivity index (χ3n) is 2.42. The van der Waals surface area contributed by atoms with Gasteiger partial charge in [-0.3, -0.25) is 0 Å². The summed E-state index contributed by atoms with van der Waals surface area (Å²) in [4.78, 5) is 10.7. The first-order valence-corrected chi connectivity index (χ1v) is 5.63. The Balaban J connectivity index is 2.25. The van der Waals surface area contributed by atoms with Crippen molar-refractivity contribution in [1.29, 1.82) is 0 Å². The van der Waals surface area contributed by atoms with Gasteiger partial charge in [-0.25, -0.2) is 4.79 Å². The SMILES string of the molecule is Cc1cc(Oc2ccc(C(=O)O)o2)cc(C)c1Cl. The summed E-state index contributed by atoms with van der Waals surface area (Å²) < 4.78 is 10.4. The second-order valence-electron chi connectivity index (χ2n) is 3.90. The molecule has 0 bridgehead atoms. The molecule has 0 saturated carbocycles. The topological polar surface area (TPSA) is 59.7 Å². The van der Waals surface area contributed by atoms with E-state index < -0.39 is 5.97 Å². The monoisotopic (exact) mass is 266 g/mol. The fourth-order valence-corrected chi connectivity index (χ4v) is 1.68. The van der Waals surface area contributed by atoms with E-state index >= 15 is 0 Å². The van der Waals surface area contributed by atoms with Crippen molar-refractivity contribution in [3.63, 3.8) is 0 Å². The van der Waals surface area contributed by atoms with E-state index in [0.29, 0.717) is 10.8 Å². The number of halogens is 1. The molecule has 1 aromatic heterocycles. The largest absolute Gasteiger partial charge is 0.475 e. The average molecular weight is 267 g/mol. The standard InChI is InChI=1S/C13H11ClO4/c1-7-5-9(6-8(2)12(7)14)17-11-4-3-10(18-11)13(15)16/h3-6H,1-2H3,(H,15,16). The number of benzene rings is 1. The molecule has 0 fully saturated rings. The summed E-state index contributed by atoms with van der Waals surface area (Å²) >= 11 is 6.04. The zero-order valence-electron chi connectivity index (χ0n) is 9.86. The Morgan fingerprint density at radius 3 is 2.39 bits per heavy atom. The predicted octanol–water partition coefficient (Wildman–Crippen LogP) is 4.04. The van der Waals surface area contributed by atoms with Crippen LogP contribution in [0.4, 0.5) is 0 Å². The number of carboxylic acids is 1. The molecule has 18 heavy (non-hydrogen) atoms. The van der Waals surface area contributed by atoms with E-state index in [1.54, 1.807) is 12.1 Å². The molecule has 0 unspecified atom stereocenters. The minimum absolute atomic E-state index is 0.133. The van der Waals surface area contributed by atoms with Crippen molar-refractivity contribution in [3.8, 4) is 11.7 Å². The number of carbonyl (C=O) groups is 1. The third-order valence-corrected chi connectivity index (χ3v) is 3.02. The van der Waals surface area contributed by atoms with E-state index in [-0.39, 0.29) is 11.7 Å². The lowest BCUT2D eigenvalue weighted by atomic mass is 10.1. The number of hydrogen-bond acceptors (Lipinski definition) is 3. The minimum atomic E-state index is -1.13. The molecule has 1 aromatic carbocycles. The number of furan rings is 1. The summed E-state index contributed by atoms with van der Waals surface area (Å²) in [6.07, 6.45) is 0. The Morgan fingerprint density at radius 2 is 1.89 bits per heavy atom. The lowest BCUT2D eigenvalue weighted by Gasteiger charge is -2.07. The van der Waals surface area contributed by atoms with Crippen molar-refractivity contribution in [1.82, 2.24) is 0 Å². The van der Waals surface area contributed by atoms with Crippen LogP contribution >= 0.6 is 11.6 Å². The molecule has 0 atom stereocenters. The van der Waals surface area contributed by atoms with Crippen molar-refractivity contribution in [3.05, 3.63) is 46.2 Å². The van der Waals surface area contributed by atoms with Crippen LogP contribution in [0.15, 0.2) is 28.7 Å². The molecule has 94 valence electrons. The highest BCUT2D eigenvalue weighted by atomic mass is 35.5. The van der Waals surface area contributed by atoms with Crippen LogP contribution in [0, 0.1) is 13.8 Å². The second kappa shape index (κ2) is 4.74. The highest BCUT2D eigenvalue weighted by molar-refractivity contribution is 6.32. The van der Waals surface area contributed by atoms with Crippen LogP contribution in [0.3, 0.4) is 0 Å². The molecule has 0 aliphatic heterocycles. The third kappa shape index (κ3) is 2.49. The number of hydrogen-bond donors (Lipinski definition) is 1. The van der Waals surface area contributed by atoms with Crippen molar-refractivity contribution in [2.75, 3.05) is 0 Å². The van der Waals surface area contributed by atoms with Crippen LogP contribution < -0.4 is 4.74 Å². The molecule has 0 saturated heterocycles. The quantitative estimate of drug-likeness (QED) is 0.911. The van der Waals surface area contributed by atoms with Crippen molar-refractivity contribution in [2.45, 2.75) is 13.8 Å². The predicted molar refractivity (Wildman–Crippen MR) is 66.7 cm³/mol. The zero-order chi connectivity index (χ0) is 13.3. The maximum absolute atomic E-state index is 10.7. The van der Waals surface area contributed by atoms with Gasteiger partial charge in [-0.1, -0.05) is 11.6 Å². The van der Waals surface area contributed by atoms with E-state index in [1.165, 1.54) is 12.1 Å². The maximum Gasteiger partial charge on any atom is 0.371 e. The minimum Gasteiger partial charge on any atom is -0.475 e. The number of ether oxygens (including phenoxy) is 1. The number of rotatable bonds is 3. The molecule has 1 N–H and O–H groups in total. The smallest absolute Gasteiger partial charge is 0.371 e. The molecular weight excluding hydrogens is 256 g/mol. The van der Waals surface area contributed by atoms with Gasteiger partial charge in [-0.15, -0.1) is 0 Å². The molecule has 5 heteroatoms. The van der Waals surface area contributed by atoms with Gasteiger partial charge in [-0.05, 0) is 43.2 Å². The van der Waals surface area contributed by atoms with Crippen LogP contribution in [0.5, 0.6) is 11.7 Å². The molecule has 0 radical (unpaired) electrons. The molecule has 1 heterocycles. The van der Waals surface area contributed by atoms with Gasteiger partial charge in [0.15, 0.2) is 0 Å². The fraction of sp³-hybridized carbons (Fsp3) is 0.154. The summed E-state index contributed by atoms with van der Waals surface area (Å²) in [5.41, 5.74) is 1.77. The summed E-state index contributed by atoms with van der Waals surface area (Å²) in [7, 11) is 0.